The molecule has 4 heterocycles. The highest BCUT2D eigenvalue weighted by Gasteiger charge is 2.39. The maximum absolute atomic E-state index is 13.2. The molecule has 3 aromatic rings. The number of nitrogens with zero attached hydrogens (tertiary/aromatic N) is 5. The van der Waals surface area contributed by atoms with Gasteiger partial charge in [0.05, 0.1) is 0 Å². The van der Waals surface area contributed by atoms with Crippen molar-refractivity contribution in [2.45, 2.75) is 77.5 Å². The minimum Gasteiger partial charge on any atom is -0.480 e. The zero-order chi connectivity index (χ0) is 31.3. The number of carbonyl (C=O) groups excluding carboxylic acids is 1. The van der Waals surface area contributed by atoms with Gasteiger partial charge in [0, 0.05) is 48.9 Å². The van der Waals surface area contributed by atoms with E-state index in [0.717, 1.165) is 73.8 Å². The smallest absolute Gasteiger partial charge is 0.411 e. The number of carboxylic acids is 1. The number of benzene rings is 1. The van der Waals surface area contributed by atoms with Crippen LogP contribution in [0.3, 0.4) is 0 Å². The average Bonchev–Trinajstić information content (AvgIpc) is 3.02. The van der Waals surface area contributed by atoms with Gasteiger partial charge < -0.3 is 25.4 Å². The van der Waals surface area contributed by atoms with Gasteiger partial charge in [-0.15, -0.1) is 0 Å². The zero-order valence-corrected chi connectivity index (χ0v) is 26.0. The Bertz CT molecular complexity index is 1450. The normalized spacial score (nSPS) is 16.0. The van der Waals surface area contributed by atoms with E-state index >= 15 is 0 Å². The zero-order valence-electron chi connectivity index (χ0n) is 26.0. The molecule has 1 saturated heterocycles. The van der Waals surface area contributed by atoms with Crippen LogP contribution < -0.4 is 15.5 Å². The van der Waals surface area contributed by atoms with E-state index in [-0.39, 0.29) is 13.2 Å². The van der Waals surface area contributed by atoms with E-state index in [2.05, 4.69) is 37.6 Å². The monoisotopic (exact) mass is 601 g/mol. The van der Waals surface area contributed by atoms with Crippen LogP contribution in [0.15, 0.2) is 48.8 Å². The average molecular weight is 602 g/mol. The number of piperidine rings is 1. The lowest BCUT2D eigenvalue weighted by atomic mass is 9.92. The standard InChI is InChI=1S/C33H43N7O4/c1-22-28(35-19-27(31(41)42)40(33(2,3)4)32(43)44-20-23-9-6-5-7-10-23)36-21-37-30(22)39-17-14-24(15-18-39)26-13-12-25-11-8-16-34-29(25)38-26/h5-7,9-10,12-13,21,24,27H,8,11,14-20H2,1-4H3,(H,34,38)(H,41,42)(H,35,36,37). The molecule has 11 nitrogen and oxygen atoms in total. The number of fused-ring (bicyclic) bond motifs is 1. The van der Waals surface area contributed by atoms with Gasteiger partial charge in [0.2, 0.25) is 0 Å². The number of carbonyl (C=O) groups is 2. The van der Waals surface area contributed by atoms with E-state index < -0.39 is 23.6 Å². The number of aryl methyl sites for hydroxylation is 1. The van der Waals surface area contributed by atoms with Crippen molar-refractivity contribution in [1.82, 2.24) is 19.9 Å². The van der Waals surface area contributed by atoms with Gasteiger partial charge in [0.15, 0.2) is 6.04 Å². The van der Waals surface area contributed by atoms with Gasteiger partial charge in [-0.05, 0) is 70.6 Å². The second-order valence-electron chi connectivity index (χ2n) is 12.5. The number of carboxylic acid groups (broad SMARTS) is 1. The third-order valence-corrected chi connectivity index (χ3v) is 8.37. The number of ether oxygens (including phenoxy) is 1. The van der Waals surface area contributed by atoms with E-state index in [9.17, 15) is 14.7 Å². The molecule has 0 bridgehead atoms. The van der Waals surface area contributed by atoms with E-state index in [1.165, 1.54) is 16.8 Å². The number of nitrogens with one attached hydrogen (secondary N) is 2. The summed E-state index contributed by atoms with van der Waals surface area (Å²) in [5.41, 5.74) is 3.29. The van der Waals surface area contributed by atoms with E-state index in [1.54, 1.807) is 20.8 Å². The Morgan fingerprint density at radius 1 is 1.14 bits per heavy atom. The van der Waals surface area contributed by atoms with Gasteiger partial charge in [-0.1, -0.05) is 36.4 Å². The third-order valence-electron chi connectivity index (χ3n) is 8.37. The molecule has 0 spiro atoms. The number of pyridine rings is 1. The fraction of sp³-hybridized carbons (Fsp3) is 0.485. The largest absolute Gasteiger partial charge is 0.480 e. The maximum atomic E-state index is 13.2. The van der Waals surface area contributed by atoms with Crippen LogP contribution in [-0.4, -0.2) is 74.8 Å². The summed E-state index contributed by atoms with van der Waals surface area (Å²) in [4.78, 5) is 43.2. The number of anilines is 3. The van der Waals surface area contributed by atoms with E-state index in [1.807, 2.05) is 37.3 Å². The molecule has 0 saturated carbocycles. The predicted molar refractivity (Wildman–Crippen MR) is 170 cm³/mol. The first kappa shape index (κ1) is 31.0. The summed E-state index contributed by atoms with van der Waals surface area (Å²) in [6.07, 6.45) is 4.96. The molecule has 44 heavy (non-hydrogen) atoms. The second kappa shape index (κ2) is 13.5. The molecule has 0 radical (unpaired) electrons. The predicted octanol–water partition coefficient (Wildman–Crippen LogP) is 5.22. The highest BCUT2D eigenvalue weighted by Crippen LogP contribution is 2.33. The lowest BCUT2D eigenvalue weighted by Crippen LogP contribution is -2.57. The van der Waals surface area contributed by atoms with Crippen molar-refractivity contribution in [3.8, 4) is 0 Å². The van der Waals surface area contributed by atoms with Gasteiger partial charge in [-0.3, -0.25) is 4.90 Å². The van der Waals surface area contributed by atoms with Crippen LogP contribution in [0.5, 0.6) is 0 Å². The van der Waals surface area contributed by atoms with Crippen molar-refractivity contribution in [2.24, 2.45) is 0 Å². The molecule has 2 aliphatic heterocycles. The third kappa shape index (κ3) is 7.20. The minimum absolute atomic E-state index is 0.0511. The van der Waals surface area contributed by atoms with Gasteiger partial charge in [0.25, 0.3) is 0 Å². The molecular formula is C33H43N7O4. The summed E-state index contributed by atoms with van der Waals surface area (Å²) < 4.78 is 5.55. The highest BCUT2D eigenvalue weighted by atomic mass is 16.6. The Morgan fingerprint density at radius 2 is 1.89 bits per heavy atom. The molecule has 234 valence electrons. The first-order valence-corrected chi connectivity index (χ1v) is 15.4. The van der Waals surface area contributed by atoms with Crippen LogP contribution in [0.1, 0.15) is 68.3 Å². The van der Waals surface area contributed by atoms with Crippen molar-refractivity contribution in [2.75, 3.05) is 41.7 Å². The second-order valence-corrected chi connectivity index (χ2v) is 12.5. The molecule has 1 fully saturated rings. The van der Waals surface area contributed by atoms with Gasteiger partial charge in [-0.2, -0.15) is 0 Å². The quantitative estimate of drug-likeness (QED) is 0.300. The molecule has 11 heteroatoms. The number of hydrogen-bond donors (Lipinski definition) is 3. The molecular weight excluding hydrogens is 558 g/mol. The Labute approximate surface area is 259 Å². The van der Waals surface area contributed by atoms with Gasteiger partial charge >= 0.3 is 12.1 Å². The Hall–Kier alpha value is -4.41. The topological polar surface area (TPSA) is 133 Å². The number of aliphatic carboxylic acids is 1. The molecule has 1 amide bonds. The summed E-state index contributed by atoms with van der Waals surface area (Å²) in [6.45, 7) is 9.95. The van der Waals surface area contributed by atoms with Crippen LogP contribution >= 0.6 is 0 Å². The van der Waals surface area contributed by atoms with Crippen LogP contribution in [0.25, 0.3) is 0 Å². The maximum Gasteiger partial charge on any atom is 0.411 e. The van der Waals surface area contributed by atoms with Gasteiger partial charge in [0.1, 0.15) is 30.4 Å². The van der Waals surface area contributed by atoms with E-state index in [4.69, 9.17) is 9.72 Å². The molecule has 1 unspecified atom stereocenters. The van der Waals surface area contributed by atoms with Crippen molar-refractivity contribution >= 4 is 29.5 Å². The fourth-order valence-electron chi connectivity index (χ4n) is 6.04. The van der Waals surface area contributed by atoms with Crippen molar-refractivity contribution < 1.29 is 19.4 Å². The molecule has 1 atom stereocenters. The lowest BCUT2D eigenvalue weighted by molar-refractivity contribution is -0.144. The van der Waals surface area contributed by atoms with Crippen molar-refractivity contribution in [1.29, 1.82) is 0 Å². The lowest BCUT2D eigenvalue weighted by Gasteiger charge is -2.39. The molecule has 5 rings (SSSR count). The minimum atomic E-state index is -1.19. The number of rotatable bonds is 9. The molecule has 3 N–H and O–H groups in total. The summed E-state index contributed by atoms with van der Waals surface area (Å²) in [6, 6.07) is 12.5. The van der Waals surface area contributed by atoms with Crippen LogP contribution in [-0.2, 0) is 22.6 Å². The first-order valence-electron chi connectivity index (χ1n) is 15.4. The summed E-state index contributed by atoms with van der Waals surface area (Å²) in [7, 11) is 0. The molecule has 2 aromatic heterocycles. The first-order chi connectivity index (χ1) is 21.1. The van der Waals surface area contributed by atoms with Crippen LogP contribution in [0.4, 0.5) is 22.2 Å². The Morgan fingerprint density at radius 3 is 2.59 bits per heavy atom. The summed E-state index contributed by atoms with van der Waals surface area (Å²) in [5.74, 6) is 1.65. The SMILES string of the molecule is Cc1c(NCC(C(=O)O)N(C(=O)OCc2ccccc2)C(C)(C)C)ncnc1N1CCC(c2ccc3c(n2)NCCC3)CC1. The molecule has 1 aromatic carbocycles. The van der Waals surface area contributed by atoms with Crippen molar-refractivity contribution in [3.05, 3.63) is 71.2 Å². The number of aromatic nitrogens is 3. The summed E-state index contributed by atoms with van der Waals surface area (Å²) >= 11 is 0. The number of hydrogen-bond acceptors (Lipinski definition) is 9. The van der Waals surface area contributed by atoms with E-state index in [0.29, 0.717) is 11.7 Å². The highest BCUT2D eigenvalue weighted by molar-refractivity contribution is 5.81. The Kier molecular flexibility index (Phi) is 9.51. The number of amides is 1. The Balaban J connectivity index is 1.24. The molecule has 2 aliphatic rings. The summed E-state index contributed by atoms with van der Waals surface area (Å²) in [5, 5.41) is 16.8. The van der Waals surface area contributed by atoms with Crippen LogP contribution in [0.2, 0.25) is 0 Å². The van der Waals surface area contributed by atoms with Gasteiger partial charge in [-0.25, -0.2) is 24.5 Å². The van der Waals surface area contributed by atoms with Crippen molar-refractivity contribution in [3.63, 3.8) is 0 Å². The molecule has 0 aliphatic carbocycles. The van der Waals surface area contributed by atoms with Crippen LogP contribution in [0, 0.1) is 6.92 Å². The fourth-order valence-corrected chi connectivity index (χ4v) is 6.04.